The molecule has 0 saturated carbocycles. The highest BCUT2D eigenvalue weighted by molar-refractivity contribution is 5.87. The zero-order chi connectivity index (χ0) is 69.6. The van der Waals surface area contributed by atoms with Crippen LogP contribution in [0.15, 0.2) is 36.4 Å². The Morgan fingerprint density at radius 3 is 1.72 bits per heavy atom. The number of benzene rings is 1. The molecule has 1 aromatic carbocycles. The van der Waals surface area contributed by atoms with Crippen molar-refractivity contribution in [1.29, 1.82) is 0 Å². The Kier molecular flexibility index (Phi) is 33.1. The van der Waals surface area contributed by atoms with Gasteiger partial charge in [-0.05, 0) is 71.9 Å². The van der Waals surface area contributed by atoms with Crippen molar-refractivity contribution < 1.29 is 121 Å². The number of carbonyl (C=O) groups is 4. The van der Waals surface area contributed by atoms with Crippen LogP contribution >= 0.6 is 0 Å². The summed E-state index contributed by atoms with van der Waals surface area (Å²) in [5, 5.41) is 81.7. The van der Waals surface area contributed by atoms with Crippen molar-refractivity contribution in [3.63, 3.8) is 0 Å². The number of esters is 4. The summed E-state index contributed by atoms with van der Waals surface area (Å²) >= 11 is 0. The number of aliphatic hydroxyl groups is 7. The molecule has 0 spiro atoms. The van der Waals surface area contributed by atoms with Crippen LogP contribution in [0.3, 0.4) is 0 Å². The summed E-state index contributed by atoms with van der Waals surface area (Å²) in [6.07, 6.45) is -18.3. The van der Waals surface area contributed by atoms with Gasteiger partial charge in [-0.25, -0.2) is 4.79 Å². The van der Waals surface area contributed by atoms with Crippen molar-refractivity contribution in [2.75, 3.05) is 0 Å². The van der Waals surface area contributed by atoms with Crippen LogP contribution in [0, 0.1) is 5.92 Å². The fraction of sp³-hybridized carbons (Fsp3) is 0.831. The number of fused-ring (bicyclic) bond motifs is 3. The molecule has 0 amide bonds. The zero-order valence-corrected chi connectivity index (χ0v) is 57.9. The fourth-order valence-electron chi connectivity index (χ4n) is 13.2. The number of unbranched alkanes of at least 4 members (excludes halogenated alkanes) is 10. The molecule has 7 rings (SSSR count). The quantitative estimate of drug-likeness (QED) is 0.0208. The molecule has 6 aliphatic heterocycles. The minimum absolute atomic E-state index is 0.0456. The third-order valence-electron chi connectivity index (χ3n) is 19.1. The van der Waals surface area contributed by atoms with Gasteiger partial charge in [-0.1, -0.05) is 167 Å². The maximum absolute atomic E-state index is 14.6. The minimum Gasteiger partial charge on any atom is -0.456 e. The number of aliphatic hydroxyl groups excluding tert-OH is 7. The standard InChI is InChI=1S/C71H114O25/c1-10-12-14-15-16-17-20-23-31-37-49(73)91-65-64(96-67-55(79)53(77)51(75)41(5)83-67)60(94-70-63(90-50(74)39-38-46-32-27-25-28-33-46)56(80)58(43(7)86-70)92-66(82)40(3)4)45(9)87-71(65)93-59-44(8)85-68-57(81)61(59)89-48(72)36-30-24-21-18-19-22-29-35-47(34-26-13-11-2)88-69-62(95-68)54(78)52(76)42(6)84-69/h25,27-28,32-33,38-45,47,51-65,67-71,75-81H,10-24,26,29-31,34-37H2,1-9H3/b39-38+/t41-,42+,43-,44-,45-,47-,51-,52-,53+,54-,55+,56+,57-,58-,59-,60-,61-,62+,63+,64+,65+,67-,68-,69-,70-,71-/m0/s1. The number of ether oxygens (including phenoxy) is 14. The normalized spacial score (nSPS) is 38.5. The van der Waals surface area contributed by atoms with E-state index in [1.807, 2.05) is 0 Å². The first kappa shape index (κ1) is 79.5. The lowest BCUT2D eigenvalue weighted by Gasteiger charge is -2.51. The molecule has 96 heavy (non-hydrogen) atoms. The molecule has 6 aliphatic rings. The number of carbonyl (C=O) groups excluding carboxylic acids is 4. The fourth-order valence-corrected chi connectivity index (χ4v) is 13.2. The molecule has 26 atom stereocenters. The number of rotatable bonds is 26. The Hall–Kier alpha value is -3.84. The van der Waals surface area contributed by atoms with Crippen molar-refractivity contribution >= 4 is 30.0 Å². The van der Waals surface area contributed by atoms with Crippen molar-refractivity contribution in [3.8, 4) is 0 Å². The Labute approximate surface area is 566 Å². The van der Waals surface area contributed by atoms with E-state index in [9.17, 15) is 54.9 Å². The molecule has 6 saturated heterocycles. The van der Waals surface area contributed by atoms with Crippen LogP contribution < -0.4 is 0 Å². The Morgan fingerprint density at radius 2 is 1.04 bits per heavy atom. The summed E-state index contributed by atoms with van der Waals surface area (Å²) in [6, 6.07) is 8.85. The number of hydrogen-bond acceptors (Lipinski definition) is 25. The molecule has 0 unspecified atom stereocenters. The molecule has 0 aromatic heterocycles. The van der Waals surface area contributed by atoms with E-state index >= 15 is 0 Å². The second-order valence-corrected chi connectivity index (χ2v) is 27.3. The maximum atomic E-state index is 14.6. The number of hydrogen-bond donors (Lipinski definition) is 7. The van der Waals surface area contributed by atoms with Crippen LogP contribution in [0.5, 0.6) is 0 Å². The summed E-state index contributed by atoms with van der Waals surface area (Å²) in [5.74, 6) is -3.75. The first-order valence-electron chi connectivity index (χ1n) is 35.9. The smallest absolute Gasteiger partial charge is 0.331 e. The van der Waals surface area contributed by atoms with Crippen LogP contribution in [0.4, 0.5) is 0 Å². The van der Waals surface area contributed by atoms with E-state index in [0.717, 1.165) is 109 Å². The predicted octanol–water partition coefficient (Wildman–Crippen LogP) is 7.21. The van der Waals surface area contributed by atoms with Gasteiger partial charge in [-0.15, -0.1) is 0 Å². The molecule has 7 N–H and O–H groups in total. The van der Waals surface area contributed by atoms with Gasteiger partial charge in [0, 0.05) is 18.9 Å². The molecule has 25 heteroatoms. The largest absolute Gasteiger partial charge is 0.456 e. The van der Waals surface area contributed by atoms with E-state index in [1.54, 1.807) is 58.0 Å². The van der Waals surface area contributed by atoms with E-state index in [2.05, 4.69) is 13.8 Å². The van der Waals surface area contributed by atoms with Gasteiger partial charge in [0.25, 0.3) is 0 Å². The highest BCUT2D eigenvalue weighted by Gasteiger charge is 2.59. The van der Waals surface area contributed by atoms with Crippen molar-refractivity contribution in [1.82, 2.24) is 0 Å². The van der Waals surface area contributed by atoms with Crippen molar-refractivity contribution in [2.45, 2.75) is 370 Å². The molecular formula is C71H114O25. The molecule has 548 valence electrons. The monoisotopic (exact) mass is 1370 g/mol. The first-order chi connectivity index (χ1) is 46.0. The topological polar surface area (TPSA) is 339 Å². The van der Waals surface area contributed by atoms with Gasteiger partial charge in [0.1, 0.15) is 67.1 Å². The minimum atomic E-state index is -1.95. The van der Waals surface area contributed by atoms with Gasteiger partial charge >= 0.3 is 23.9 Å². The lowest BCUT2D eigenvalue weighted by Crippen LogP contribution is -2.68. The van der Waals surface area contributed by atoms with Crippen molar-refractivity contribution in [3.05, 3.63) is 42.0 Å². The summed E-state index contributed by atoms with van der Waals surface area (Å²) in [6.45, 7) is 15.1. The first-order valence-corrected chi connectivity index (χ1v) is 35.9. The lowest BCUT2D eigenvalue weighted by molar-refractivity contribution is -0.399. The molecular weight excluding hydrogens is 1250 g/mol. The summed E-state index contributed by atoms with van der Waals surface area (Å²) < 4.78 is 89.9. The molecule has 1 aromatic rings. The average Bonchev–Trinajstić information content (AvgIpc) is 0.770. The highest BCUT2D eigenvalue weighted by Crippen LogP contribution is 2.40. The second-order valence-electron chi connectivity index (χ2n) is 27.3. The van der Waals surface area contributed by atoms with Crippen LogP contribution in [0.25, 0.3) is 6.08 Å². The highest BCUT2D eigenvalue weighted by atomic mass is 16.8. The van der Waals surface area contributed by atoms with Crippen LogP contribution in [-0.2, 0) is 85.5 Å². The molecule has 0 radical (unpaired) electrons. The van der Waals surface area contributed by atoms with Gasteiger partial charge in [-0.3, -0.25) is 14.4 Å². The lowest BCUT2D eigenvalue weighted by atomic mass is 9.95. The SMILES string of the molecule is CCCCCCCCCCCC(=O)O[C@H]1[C@H](O[C@@H]2[C@H]3OC(=O)CCCCCCCCC[C@H](CCCCC)O[C@@H]4O[C@H](C)[C@H](O)[C@H](O)[C@H]4O[C@H](O[C@H]2C)[C@H]3O)O[C@@H](C)[C@H](O[C@@H]2O[C@@H](C)[C@H](OC(=O)C(C)C)[C@@H](O)[C@H]2OC(=O)/C=C/c2ccccc2)[C@H]1O[C@@H]1O[C@@H](C)[C@H](O)[C@@H](O)[C@H]1O. The Bertz CT molecular complexity index is 2470. The maximum Gasteiger partial charge on any atom is 0.331 e. The second kappa shape index (κ2) is 40.0. The summed E-state index contributed by atoms with van der Waals surface area (Å²) in [4.78, 5) is 55.8. The van der Waals surface area contributed by atoms with E-state index in [1.165, 1.54) is 26.8 Å². The summed E-state index contributed by atoms with van der Waals surface area (Å²) in [7, 11) is 0. The van der Waals surface area contributed by atoms with Crippen LogP contribution in [0.2, 0.25) is 0 Å². The third kappa shape index (κ3) is 22.8. The zero-order valence-electron chi connectivity index (χ0n) is 57.9. The molecule has 6 fully saturated rings. The molecule has 6 heterocycles. The third-order valence-corrected chi connectivity index (χ3v) is 19.1. The van der Waals surface area contributed by atoms with Gasteiger partial charge in [-0.2, -0.15) is 0 Å². The molecule has 0 aliphatic carbocycles. The van der Waals surface area contributed by atoms with Gasteiger partial charge in [0.2, 0.25) is 0 Å². The summed E-state index contributed by atoms with van der Waals surface area (Å²) in [5.41, 5.74) is 0.644. The van der Waals surface area contributed by atoms with Gasteiger partial charge in [0.05, 0.1) is 42.5 Å². The van der Waals surface area contributed by atoms with Gasteiger partial charge < -0.3 is 102 Å². The van der Waals surface area contributed by atoms with Crippen molar-refractivity contribution in [2.24, 2.45) is 5.92 Å². The predicted molar refractivity (Wildman–Crippen MR) is 345 cm³/mol. The van der Waals surface area contributed by atoms with Crippen LogP contribution in [0.1, 0.15) is 216 Å². The van der Waals surface area contributed by atoms with Gasteiger partial charge in [0.15, 0.2) is 55.9 Å². The van der Waals surface area contributed by atoms with E-state index in [0.29, 0.717) is 37.7 Å². The molecule has 2 bridgehead atoms. The van der Waals surface area contributed by atoms with E-state index in [-0.39, 0.29) is 18.9 Å². The van der Waals surface area contributed by atoms with Crippen LogP contribution in [-0.4, -0.2) is 219 Å². The molecule has 25 nitrogen and oxygen atoms in total. The van der Waals surface area contributed by atoms with E-state index in [4.69, 9.17) is 66.3 Å². The van der Waals surface area contributed by atoms with E-state index < -0.39 is 183 Å². The Balaban J connectivity index is 1.27. The average molecular weight is 1370 g/mol. The Morgan fingerprint density at radius 1 is 0.490 bits per heavy atom.